The average Bonchev–Trinajstić information content (AvgIpc) is 2.69. The molecule has 17 heavy (non-hydrogen) atoms. The number of hydrogen-bond acceptors (Lipinski definition) is 3. The molecule has 0 radical (unpaired) electrons. The maximum atomic E-state index is 11.4. The Balaban J connectivity index is 2.02. The van der Waals surface area contributed by atoms with Crippen molar-refractivity contribution in [3.8, 4) is 0 Å². The molecule has 0 aliphatic rings. The third-order valence-corrected chi connectivity index (χ3v) is 2.29. The predicted octanol–water partition coefficient (Wildman–Crippen LogP) is 2.04. The highest BCUT2D eigenvalue weighted by Gasteiger charge is 2.08. The van der Waals surface area contributed by atoms with Crippen molar-refractivity contribution in [1.29, 1.82) is 0 Å². The molecule has 1 heterocycles. The van der Waals surface area contributed by atoms with Crippen molar-refractivity contribution in [1.82, 2.24) is 15.8 Å². The van der Waals surface area contributed by atoms with E-state index in [0.717, 1.165) is 16.7 Å². The van der Waals surface area contributed by atoms with Crippen molar-refractivity contribution < 1.29 is 9.32 Å². The van der Waals surface area contributed by atoms with Gasteiger partial charge in [-0.15, -0.1) is 0 Å². The van der Waals surface area contributed by atoms with Crippen LogP contribution >= 0.6 is 0 Å². The second-order valence-corrected chi connectivity index (χ2v) is 4.11. The van der Waals surface area contributed by atoms with Crippen molar-refractivity contribution in [3.05, 3.63) is 30.0 Å². The Labute approximate surface area is 99.2 Å². The number of amides is 2. The molecule has 0 unspecified atom stereocenters. The zero-order chi connectivity index (χ0) is 12.3. The van der Waals surface area contributed by atoms with Crippen LogP contribution in [-0.2, 0) is 6.54 Å². The van der Waals surface area contributed by atoms with Crippen LogP contribution in [0.1, 0.15) is 19.5 Å². The van der Waals surface area contributed by atoms with Crippen LogP contribution in [0.25, 0.3) is 11.0 Å². The molecule has 0 spiro atoms. The molecule has 0 aliphatic carbocycles. The molecule has 2 rings (SSSR count). The summed E-state index contributed by atoms with van der Waals surface area (Å²) in [6.07, 6.45) is 0. The van der Waals surface area contributed by atoms with E-state index in [-0.39, 0.29) is 12.1 Å². The van der Waals surface area contributed by atoms with Crippen LogP contribution in [0.4, 0.5) is 4.79 Å². The van der Waals surface area contributed by atoms with E-state index in [0.29, 0.717) is 6.54 Å². The van der Waals surface area contributed by atoms with E-state index in [9.17, 15) is 4.79 Å². The number of para-hydroxylation sites is 1. The standard InChI is InChI=1S/C12H15N3O2/c1-8(2)14-12(16)13-7-10-9-5-3-4-6-11(9)17-15-10/h3-6,8H,7H2,1-2H3,(H2,13,14,16). The maximum absolute atomic E-state index is 11.4. The summed E-state index contributed by atoms with van der Waals surface area (Å²) in [6, 6.07) is 7.48. The van der Waals surface area contributed by atoms with E-state index in [1.54, 1.807) is 0 Å². The summed E-state index contributed by atoms with van der Waals surface area (Å²) in [5, 5.41) is 10.3. The second-order valence-electron chi connectivity index (χ2n) is 4.11. The summed E-state index contributed by atoms with van der Waals surface area (Å²) in [7, 11) is 0. The second kappa shape index (κ2) is 4.86. The molecule has 1 aromatic heterocycles. The number of nitrogens with zero attached hydrogens (tertiary/aromatic N) is 1. The van der Waals surface area contributed by atoms with Gasteiger partial charge < -0.3 is 15.2 Å². The molecular weight excluding hydrogens is 218 g/mol. The van der Waals surface area contributed by atoms with E-state index in [4.69, 9.17) is 4.52 Å². The van der Waals surface area contributed by atoms with E-state index in [1.807, 2.05) is 38.1 Å². The molecule has 0 bridgehead atoms. The molecule has 0 fully saturated rings. The van der Waals surface area contributed by atoms with Crippen LogP contribution in [0.3, 0.4) is 0 Å². The molecule has 90 valence electrons. The highest BCUT2D eigenvalue weighted by molar-refractivity contribution is 5.80. The highest BCUT2D eigenvalue weighted by Crippen LogP contribution is 2.17. The number of carbonyl (C=O) groups excluding carboxylic acids is 1. The van der Waals surface area contributed by atoms with Gasteiger partial charge in [-0.1, -0.05) is 17.3 Å². The largest absolute Gasteiger partial charge is 0.356 e. The number of hydrogen-bond donors (Lipinski definition) is 2. The van der Waals surface area contributed by atoms with Gasteiger partial charge in [-0.25, -0.2) is 4.79 Å². The molecule has 0 saturated heterocycles. The fraction of sp³-hybridized carbons (Fsp3) is 0.333. The quantitative estimate of drug-likeness (QED) is 0.852. The van der Waals surface area contributed by atoms with Crippen LogP contribution in [0.5, 0.6) is 0 Å². The number of carbonyl (C=O) groups is 1. The van der Waals surface area contributed by atoms with Gasteiger partial charge in [0, 0.05) is 11.4 Å². The zero-order valence-electron chi connectivity index (χ0n) is 9.86. The molecule has 2 aromatic rings. The Morgan fingerprint density at radius 2 is 2.18 bits per heavy atom. The number of urea groups is 1. The molecule has 0 aliphatic heterocycles. The van der Waals surface area contributed by atoms with Crippen molar-refractivity contribution in [2.24, 2.45) is 0 Å². The fourth-order valence-electron chi connectivity index (χ4n) is 1.54. The van der Waals surface area contributed by atoms with Crippen LogP contribution < -0.4 is 10.6 Å². The third kappa shape index (κ3) is 2.75. The monoisotopic (exact) mass is 233 g/mol. The van der Waals surface area contributed by atoms with Crippen molar-refractivity contribution in [2.45, 2.75) is 26.4 Å². The molecule has 5 nitrogen and oxygen atoms in total. The first-order chi connectivity index (χ1) is 8.16. The lowest BCUT2D eigenvalue weighted by Gasteiger charge is -2.08. The Morgan fingerprint density at radius 1 is 1.41 bits per heavy atom. The molecule has 1 aromatic carbocycles. The Hall–Kier alpha value is -2.04. The smallest absolute Gasteiger partial charge is 0.315 e. The van der Waals surface area contributed by atoms with Gasteiger partial charge in [-0.2, -0.15) is 0 Å². The highest BCUT2D eigenvalue weighted by atomic mass is 16.5. The minimum absolute atomic E-state index is 0.115. The number of rotatable bonds is 3. The van der Waals surface area contributed by atoms with Crippen LogP contribution in [-0.4, -0.2) is 17.2 Å². The van der Waals surface area contributed by atoms with Gasteiger partial charge in [0.05, 0.1) is 6.54 Å². The predicted molar refractivity (Wildman–Crippen MR) is 64.5 cm³/mol. The lowest BCUT2D eigenvalue weighted by molar-refractivity contribution is 0.238. The molecule has 0 saturated carbocycles. The summed E-state index contributed by atoms with van der Waals surface area (Å²) in [5.74, 6) is 0. The van der Waals surface area contributed by atoms with E-state index >= 15 is 0 Å². The summed E-state index contributed by atoms with van der Waals surface area (Å²) < 4.78 is 5.14. The topological polar surface area (TPSA) is 67.2 Å². The first kappa shape index (κ1) is 11.4. The summed E-state index contributed by atoms with van der Waals surface area (Å²) in [5.41, 5.74) is 1.47. The summed E-state index contributed by atoms with van der Waals surface area (Å²) >= 11 is 0. The minimum Gasteiger partial charge on any atom is -0.356 e. The van der Waals surface area contributed by atoms with Gasteiger partial charge in [0.2, 0.25) is 0 Å². The lowest BCUT2D eigenvalue weighted by atomic mass is 10.2. The molecule has 0 atom stereocenters. The SMILES string of the molecule is CC(C)NC(=O)NCc1noc2ccccc12. The zero-order valence-corrected chi connectivity index (χ0v) is 9.86. The molecule has 2 amide bonds. The molecule has 2 N–H and O–H groups in total. The average molecular weight is 233 g/mol. The fourth-order valence-corrected chi connectivity index (χ4v) is 1.54. The molecular formula is C12H15N3O2. The van der Waals surface area contributed by atoms with Crippen molar-refractivity contribution >= 4 is 17.0 Å². The van der Waals surface area contributed by atoms with E-state index in [2.05, 4.69) is 15.8 Å². The number of benzene rings is 1. The van der Waals surface area contributed by atoms with E-state index in [1.165, 1.54) is 0 Å². The van der Waals surface area contributed by atoms with Crippen LogP contribution in [0.2, 0.25) is 0 Å². The Bertz CT molecular complexity index is 519. The summed E-state index contributed by atoms with van der Waals surface area (Å²) in [6.45, 7) is 4.17. The maximum Gasteiger partial charge on any atom is 0.315 e. The number of fused-ring (bicyclic) bond motifs is 1. The third-order valence-electron chi connectivity index (χ3n) is 2.29. The minimum atomic E-state index is -0.202. The van der Waals surface area contributed by atoms with Gasteiger partial charge in [0.25, 0.3) is 0 Å². The van der Waals surface area contributed by atoms with Gasteiger partial charge in [0.1, 0.15) is 5.69 Å². The summed E-state index contributed by atoms with van der Waals surface area (Å²) in [4.78, 5) is 11.4. The number of nitrogens with one attached hydrogen (secondary N) is 2. The Morgan fingerprint density at radius 3 is 2.94 bits per heavy atom. The normalized spacial score (nSPS) is 10.8. The van der Waals surface area contributed by atoms with Crippen molar-refractivity contribution in [2.75, 3.05) is 0 Å². The van der Waals surface area contributed by atoms with Crippen LogP contribution in [0, 0.1) is 0 Å². The first-order valence-electron chi connectivity index (χ1n) is 5.54. The van der Waals surface area contributed by atoms with Crippen LogP contribution in [0.15, 0.2) is 28.8 Å². The lowest BCUT2D eigenvalue weighted by Crippen LogP contribution is -2.39. The number of aromatic nitrogens is 1. The van der Waals surface area contributed by atoms with Gasteiger partial charge in [-0.3, -0.25) is 0 Å². The Kier molecular flexibility index (Phi) is 3.27. The van der Waals surface area contributed by atoms with Crippen molar-refractivity contribution in [3.63, 3.8) is 0 Å². The van der Waals surface area contributed by atoms with Gasteiger partial charge in [-0.05, 0) is 26.0 Å². The van der Waals surface area contributed by atoms with Gasteiger partial charge >= 0.3 is 6.03 Å². The first-order valence-corrected chi connectivity index (χ1v) is 5.54. The van der Waals surface area contributed by atoms with Gasteiger partial charge in [0.15, 0.2) is 5.58 Å². The molecule has 5 heteroatoms. The van der Waals surface area contributed by atoms with E-state index < -0.39 is 0 Å².